The predicted molar refractivity (Wildman–Crippen MR) is 88.1 cm³/mol. The van der Waals surface area contributed by atoms with Gasteiger partial charge in [0.15, 0.2) is 0 Å². The van der Waals surface area contributed by atoms with Gasteiger partial charge in [-0.1, -0.05) is 37.3 Å². The first-order valence-corrected chi connectivity index (χ1v) is 8.66. The lowest BCUT2D eigenvalue weighted by Crippen LogP contribution is -2.50. The maximum absolute atomic E-state index is 12.4. The molecule has 0 spiro atoms. The Bertz CT molecular complexity index is 565. The van der Waals surface area contributed by atoms with Crippen molar-refractivity contribution in [3.63, 3.8) is 0 Å². The molecule has 2 saturated heterocycles. The molecule has 5 nitrogen and oxygen atoms in total. The number of rotatable bonds is 3. The topological polar surface area (TPSA) is 44.8 Å². The quantitative estimate of drug-likeness (QED) is 0.923. The first kappa shape index (κ1) is 15.0. The fourth-order valence-corrected chi connectivity index (χ4v) is 3.71. The van der Waals surface area contributed by atoms with Gasteiger partial charge < -0.3 is 15.0 Å². The molecule has 4 rings (SSSR count). The van der Waals surface area contributed by atoms with E-state index in [0.29, 0.717) is 24.5 Å². The Labute approximate surface area is 137 Å². The van der Waals surface area contributed by atoms with Crippen molar-refractivity contribution in [1.82, 2.24) is 15.1 Å². The molecule has 2 aliphatic heterocycles. The Morgan fingerprint density at radius 1 is 1.30 bits per heavy atom. The third-order valence-corrected chi connectivity index (χ3v) is 5.35. The number of hydrogen-bond donors (Lipinski definition) is 1. The van der Waals surface area contributed by atoms with Crippen molar-refractivity contribution in [2.45, 2.75) is 38.1 Å². The first-order valence-electron chi connectivity index (χ1n) is 8.66. The molecule has 1 aromatic carbocycles. The van der Waals surface area contributed by atoms with Gasteiger partial charge in [0.25, 0.3) is 0 Å². The highest BCUT2D eigenvalue weighted by atomic mass is 16.5. The van der Waals surface area contributed by atoms with E-state index in [0.717, 1.165) is 32.7 Å². The normalized spacial score (nSPS) is 33.3. The molecule has 2 amide bonds. The molecule has 124 valence electrons. The minimum Gasteiger partial charge on any atom is -0.373 e. The van der Waals surface area contributed by atoms with Crippen molar-refractivity contribution in [2.24, 2.45) is 5.92 Å². The number of carbonyl (C=O) groups is 1. The van der Waals surface area contributed by atoms with Gasteiger partial charge in [-0.3, -0.25) is 4.90 Å². The molecule has 0 aromatic heterocycles. The van der Waals surface area contributed by atoms with Gasteiger partial charge in [0.05, 0.1) is 25.3 Å². The van der Waals surface area contributed by atoms with Crippen LogP contribution in [0.1, 0.15) is 18.9 Å². The van der Waals surface area contributed by atoms with Crippen molar-refractivity contribution < 1.29 is 9.53 Å². The molecular formula is C18H25N3O2. The van der Waals surface area contributed by atoms with Crippen molar-refractivity contribution in [2.75, 3.05) is 26.2 Å². The second kappa shape index (κ2) is 6.13. The summed E-state index contributed by atoms with van der Waals surface area (Å²) in [6, 6.07) is 11.3. The molecule has 0 bridgehead atoms. The zero-order valence-electron chi connectivity index (χ0n) is 13.6. The van der Waals surface area contributed by atoms with E-state index in [1.54, 1.807) is 0 Å². The van der Waals surface area contributed by atoms with Gasteiger partial charge in [0.2, 0.25) is 0 Å². The number of nitrogens with zero attached hydrogens (tertiary/aromatic N) is 2. The van der Waals surface area contributed by atoms with E-state index in [-0.39, 0.29) is 12.1 Å². The van der Waals surface area contributed by atoms with Gasteiger partial charge in [0.1, 0.15) is 0 Å². The van der Waals surface area contributed by atoms with E-state index < -0.39 is 0 Å². The third-order valence-electron chi connectivity index (χ3n) is 5.35. The Balaban J connectivity index is 1.39. The molecule has 1 aromatic rings. The molecule has 5 heteroatoms. The fourth-order valence-electron chi connectivity index (χ4n) is 3.71. The molecule has 1 N–H and O–H groups in total. The van der Waals surface area contributed by atoms with E-state index in [9.17, 15) is 4.79 Å². The highest BCUT2D eigenvalue weighted by Crippen LogP contribution is 2.30. The molecule has 0 unspecified atom stereocenters. The highest BCUT2D eigenvalue weighted by Gasteiger charge is 2.43. The molecule has 0 radical (unpaired) electrons. The average Bonchev–Trinajstić information content (AvgIpc) is 3.08. The molecule has 3 aliphatic rings. The van der Waals surface area contributed by atoms with Crippen molar-refractivity contribution in [3.05, 3.63) is 35.9 Å². The van der Waals surface area contributed by atoms with Gasteiger partial charge in [0, 0.05) is 25.7 Å². The third kappa shape index (κ3) is 3.21. The van der Waals surface area contributed by atoms with Gasteiger partial charge in [-0.2, -0.15) is 0 Å². The summed E-state index contributed by atoms with van der Waals surface area (Å²) in [6.45, 7) is 6.28. The highest BCUT2D eigenvalue weighted by molar-refractivity contribution is 5.75. The number of carbonyl (C=O) groups excluding carboxylic acids is 1. The predicted octanol–water partition coefficient (Wildman–Crippen LogP) is 1.69. The van der Waals surface area contributed by atoms with Crippen molar-refractivity contribution >= 4 is 6.03 Å². The standard InChI is InChI=1S/C18H25N3O2/c1-13-9-15(13)19-18(22)21-11-16-17(12-21)23-8-7-20(16)10-14-5-3-2-4-6-14/h2-6,13,15-17H,7-12H2,1H3,(H,19,22)/t13-,15-,16+,17-/m0/s1. The summed E-state index contributed by atoms with van der Waals surface area (Å²) in [5.74, 6) is 0.634. The van der Waals surface area contributed by atoms with E-state index in [1.807, 2.05) is 11.0 Å². The summed E-state index contributed by atoms with van der Waals surface area (Å²) in [5.41, 5.74) is 1.32. The number of fused-ring (bicyclic) bond motifs is 1. The van der Waals surface area contributed by atoms with Crippen molar-refractivity contribution in [1.29, 1.82) is 0 Å². The number of ether oxygens (including phenoxy) is 1. The lowest BCUT2D eigenvalue weighted by Gasteiger charge is -2.36. The van der Waals surface area contributed by atoms with E-state index in [1.165, 1.54) is 5.56 Å². The van der Waals surface area contributed by atoms with E-state index in [4.69, 9.17) is 4.74 Å². The monoisotopic (exact) mass is 315 g/mol. The lowest BCUT2D eigenvalue weighted by molar-refractivity contribution is -0.0503. The summed E-state index contributed by atoms with van der Waals surface area (Å²) < 4.78 is 5.93. The minimum absolute atomic E-state index is 0.0806. The number of urea groups is 1. The van der Waals surface area contributed by atoms with E-state index >= 15 is 0 Å². The second-order valence-corrected chi connectivity index (χ2v) is 7.11. The van der Waals surface area contributed by atoms with Crippen LogP contribution < -0.4 is 5.32 Å². The molecule has 1 aliphatic carbocycles. The summed E-state index contributed by atoms with van der Waals surface area (Å²) in [7, 11) is 0. The van der Waals surface area contributed by atoms with Crippen LogP contribution in [0.15, 0.2) is 30.3 Å². The Morgan fingerprint density at radius 2 is 2.09 bits per heavy atom. The van der Waals surface area contributed by atoms with Crippen LogP contribution in [-0.4, -0.2) is 60.3 Å². The number of morpholine rings is 1. The van der Waals surface area contributed by atoms with Crippen LogP contribution in [0.3, 0.4) is 0 Å². The van der Waals surface area contributed by atoms with Crippen LogP contribution in [0.2, 0.25) is 0 Å². The summed E-state index contributed by atoms with van der Waals surface area (Å²) in [5, 5.41) is 3.13. The zero-order chi connectivity index (χ0) is 15.8. The molecule has 23 heavy (non-hydrogen) atoms. The lowest BCUT2D eigenvalue weighted by atomic mass is 10.1. The Kier molecular flexibility index (Phi) is 3.99. The number of benzene rings is 1. The smallest absolute Gasteiger partial charge is 0.317 e. The molecule has 3 fully saturated rings. The van der Waals surface area contributed by atoms with Gasteiger partial charge in [-0.15, -0.1) is 0 Å². The fraction of sp³-hybridized carbons (Fsp3) is 0.611. The molecule has 2 heterocycles. The van der Waals surface area contributed by atoms with Crippen LogP contribution in [0.25, 0.3) is 0 Å². The number of amides is 2. The van der Waals surface area contributed by atoms with Crippen LogP contribution in [-0.2, 0) is 11.3 Å². The number of likely N-dealkylation sites (tertiary alicyclic amines) is 1. The van der Waals surface area contributed by atoms with Gasteiger partial charge in [-0.25, -0.2) is 4.79 Å². The van der Waals surface area contributed by atoms with Crippen LogP contribution >= 0.6 is 0 Å². The van der Waals surface area contributed by atoms with Crippen LogP contribution in [0.4, 0.5) is 4.79 Å². The zero-order valence-corrected chi connectivity index (χ0v) is 13.6. The molecular weight excluding hydrogens is 290 g/mol. The summed E-state index contributed by atoms with van der Waals surface area (Å²) >= 11 is 0. The number of hydrogen-bond acceptors (Lipinski definition) is 3. The van der Waals surface area contributed by atoms with Crippen LogP contribution in [0, 0.1) is 5.92 Å². The Morgan fingerprint density at radius 3 is 2.83 bits per heavy atom. The van der Waals surface area contributed by atoms with Gasteiger partial charge >= 0.3 is 6.03 Å². The van der Waals surface area contributed by atoms with Crippen LogP contribution in [0.5, 0.6) is 0 Å². The Hall–Kier alpha value is -1.59. The average molecular weight is 315 g/mol. The summed E-state index contributed by atoms with van der Waals surface area (Å²) in [4.78, 5) is 16.8. The molecule has 4 atom stereocenters. The van der Waals surface area contributed by atoms with Gasteiger partial charge in [-0.05, 0) is 17.9 Å². The van der Waals surface area contributed by atoms with Crippen molar-refractivity contribution in [3.8, 4) is 0 Å². The second-order valence-electron chi connectivity index (χ2n) is 7.11. The SMILES string of the molecule is C[C@H]1C[C@@H]1NC(=O)N1C[C@@H]2OCCN(Cc3ccccc3)[C@@H]2C1. The first-order chi connectivity index (χ1) is 11.2. The maximum Gasteiger partial charge on any atom is 0.317 e. The molecule has 1 saturated carbocycles. The van der Waals surface area contributed by atoms with E-state index in [2.05, 4.69) is 41.4 Å². The largest absolute Gasteiger partial charge is 0.373 e. The summed E-state index contributed by atoms with van der Waals surface area (Å²) in [6.07, 6.45) is 1.26. The number of nitrogens with one attached hydrogen (secondary N) is 1. The maximum atomic E-state index is 12.4. The minimum atomic E-state index is 0.0806.